The number of benzene rings is 1. The van der Waals surface area contributed by atoms with Crippen molar-refractivity contribution >= 4 is 37.8 Å². The summed E-state index contributed by atoms with van der Waals surface area (Å²) in [5, 5.41) is 12.5. The largest absolute Gasteiger partial charge is 0.362 e. The fourth-order valence-electron chi connectivity index (χ4n) is 3.50. The number of aromatic amines is 1. The van der Waals surface area contributed by atoms with Crippen LogP contribution in [0.1, 0.15) is 12.0 Å². The van der Waals surface area contributed by atoms with Crippen molar-refractivity contribution in [1.82, 2.24) is 9.97 Å². The predicted molar refractivity (Wildman–Crippen MR) is 107 cm³/mol. The number of hydrogen-bond acceptors (Lipinski definition) is 6. The van der Waals surface area contributed by atoms with E-state index in [1.807, 2.05) is 29.3 Å². The van der Waals surface area contributed by atoms with Gasteiger partial charge in [0, 0.05) is 48.8 Å². The second-order valence-electron chi connectivity index (χ2n) is 6.71. The van der Waals surface area contributed by atoms with Gasteiger partial charge in [-0.3, -0.25) is 10.1 Å². The Morgan fingerprint density at radius 1 is 1.29 bits per heavy atom. The normalized spacial score (nSPS) is 14.9. The Bertz CT molecular complexity index is 1210. The third kappa shape index (κ3) is 3.24. The summed E-state index contributed by atoms with van der Waals surface area (Å²) < 4.78 is 23.4. The van der Waals surface area contributed by atoms with Crippen LogP contribution >= 0.6 is 0 Å². The maximum atomic E-state index is 11.7. The van der Waals surface area contributed by atoms with Gasteiger partial charge in [-0.2, -0.15) is 0 Å². The topological polar surface area (TPSA) is 109 Å². The Hall–Kier alpha value is -3.20. The lowest BCUT2D eigenvalue weighted by molar-refractivity contribution is -0.384. The highest BCUT2D eigenvalue weighted by Crippen LogP contribution is 2.35. The zero-order chi connectivity index (χ0) is 19.9. The number of sulfone groups is 1. The molecule has 1 aromatic carbocycles. The maximum absolute atomic E-state index is 11.7. The number of pyridine rings is 1. The van der Waals surface area contributed by atoms with Gasteiger partial charge in [-0.25, -0.2) is 13.4 Å². The Labute approximate surface area is 161 Å². The minimum absolute atomic E-state index is 0.0533. The van der Waals surface area contributed by atoms with E-state index in [-0.39, 0.29) is 10.6 Å². The van der Waals surface area contributed by atoms with Gasteiger partial charge in [-0.05, 0) is 36.3 Å². The molecule has 0 bridgehead atoms. The van der Waals surface area contributed by atoms with Gasteiger partial charge in [-0.15, -0.1) is 0 Å². The van der Waals surface area contributed by atoms with Gasteiger partial charge >= 0.3 is 0 Å². The maximum Gasteiger partial charge on any atom is 0.293 e. The Morgan fingerprint density at radius 2 is 2.11 bits per heavy atom. The van der Waals surface area contributed by atoms with Gasteiger partial charge in [0.2, 0.25) is 0 Å². The lowest BCUT2D eigenvalue weighted by Gasteiger charge is -2.28. The smallest absolute Gasteiger partial charge is 0.293 e. The molecule has 0 unspecified atom stereocenters. The summed E-state index contributed by atoms with van der Waals surface area (Å²) in [4.78, 5) is 20.3. The quantitative estimate of drug-likeness (QED) is 0.534. The van der Waals surface area contributed by atoms with Crippen molar-refractivity contribution in [2.75, 3.05) is 24.2 Å². The second kappa shape index (κ2) is 6.75. The SMILES string of the molecule is CS(=O)(=O)c1ccc(N2CC=C(c3c[nH]c4ncccc34)CC2)c([N+](=O)[O-])c1. The third-order valence-corrected chi connectivity index (χ3v) is 6.03. The van der Waals surface area contributed by atoms with E-state index < -0.39 is 14.8 Å². The number of hydrogen-bond donors (Lipinski definition) is 1. The molecule has 2 aromatic heterocycles. The minimum atomic E-state index is -3.51. The Morgan fingerprint density at radius 3 is 2.79 bits per heavy atom. The van der Waals surface area contributed by atoms with E-state index in [1.165, 1.54) is 12.1 Å². The van der Waals surface area contributed by atoms with E-state index in [4.69, 9.17) is 0 Å². The summed E-state index contributed by atoms with van der Waals surface area (Å²) >= 11 is 0. The van der Waals surface area contributed by atoms with Crippen LogP contribution in [0.5, 0.6) is 0 Å². The number of nitrogens with one attached hydrogen (secondary N) is 1. The van der Waals surface area contributed by atoms with Crippen molar-refractivity contribution in [3.63, 3.8) is 0 Å². The first-order valence-corrected chi connectivity index (χ1v) is 10.6. The van der Waals surface area contributed by atoms with Crippen molar-refractivity contribution in [1.29, 1.82) is 0 Å². The molecule has 0 aliphatic carbocycles. The average molecular weight is 398 g/mol. The summed E-state index contributed by atoms with van der Waals surface area (Å²) in [5.74, 6) is 0. The van der Waals surface area contributed by atoms with Crippen molar-refractivity contribution in [3.8, 4) is 0 Å². The molecule has 28 heavy (non-hydrogen) atoms. The van der Waals surface area contributed by atoms with Crippen molar-refractivity contribution in [2.24, 2.45) is 0 Å². The molecule has 8 nitrogen and oxygen atoms in total. The standard InChI is InChI=1S/C19H18N4O4S/c1-28(26,27)14-4-5-17(18(11-14)23(24)25)22-9-6-13(7-10-22)16-12-21-19-15(16)3-2-8-20-19/h2-6,8,11-12H,7,9-10H2,1H3,(H,20,21). The molecule has 0 fully saturated rings. The van der Waals surface area contributed by atoms with Crippen LogP contribution in [0.3, 0.4) is 0 Å². The zero-order valence-corrected chi connectivity index (χ0v) is 15.9. The average Bonchev–Trinajstić information content (AvgIpc) is 3.11. The molecule has 0 atom stereocenters. The molecule has 0 saturated carbocycles. The van der Waals surface area contributed by atoms with Crippen molar-refractivity contribution in [3.05, 3.63) is 64.5 Å². The molecule has 0 radical (unpaired) electrons. The third-order valence-electron chi connectivity index (χ3n) is 4.92. The molecule has 1 N–H and O–H groups in total. The molecule has 9 heteroatoms. The van der Waals surface area contributed by atoms with Crippen molar-refractivity contribution in [2.45, 2.75) is 11.3 Å². The van der Waals surface area contributed by atoms with Crippen LogP contribution in [-0.4, -0.2) is 42.7 Å². The molecular formula is C19H18N4O4S. The van der Waals surface area contributed by atoms with E-state index in [0.717, 1.165) is 34.5 Å². The number of aromatic nitrogens is 2. The first-order chi connectivity index (χ1) is 13.3. The van der Waals surface area contributed by atoms with E-state index in [9.17, 15) is 18.5 Å². The number of nitro groups is 1. The van der Waals surface area contributed by atoms with E-state index in [0.29, 0.717) is 25.2 Å². The summed E-state index contributed by atoms with van der Waals surface area (Å²) in [6.45, 7) is 1.10. The highest BCUT2D eigenvalue weighted by atomic mass is 32.2. The number of anilines is 1. The van der Waals surface area contributed by atoms with Crippen LogP contribution < -0.4 is 4.90 Å². The molecule has 1 aliphatic heterocycles. The predicted octanol–water partition coefficient (Wildman–Crippen LogP) is 3.17. The molecule has 1 aliphatic rings. The monoisotopic (exact) mass is 398 g/mol. The van der Waals surface area contributed by atoms with Crippen LogP contribution in [0.2, 0.25) is 0 Å². The lowest BCUT2D eigenvalue weighted by Crippen LogP contribution is -2.28. The lowest BCUT2D eigenvalue weighted by atomic mass is 9.99. The van der Waals surface area contributed by atoms with Crippen molar-refractivity contribution < 1.29 is 13.3 Å². The van der Waals surface area contributed by atoms with Crippen LogP contribution in [0.15, 0.2) is 53.7 Å². The number of nitro benzene ring substituents is 1. The summed E-state index contributed by atoms with van der Waals surface area (Å²) in [6, 6.07) is 7.97. The summed E-state index contributed by atoms with van der Waals surface area (Å²) in [5.41, 5.74) is 3.30. The second-order valence-corrected chi connectivity index (χ2v) is 8.72. The number of nitrogens with zero attached hydrogens (tertiary/aromatic N) is 3. The zero-order valence-electron chi connectivity index (χ0n) is 15.1. The number of rotatable bonds is 4. The summed E-state index contributed by atoms with van der Waals surface area (Å²) in [6.07, 6.45) is 7.47. The molecule has 3 heterocycles. The molecule has 3 aromatic rings. The minimum Gasteiger partial charge on any atom is -0.362 e. The van der Waals surface area contributed by atoms with Gasteiger partial charge in [0.15, 0.2) is 9.84 Å². The fraction of sp³-hybridized carbons (Fsp3) is 0.211. The van der Waals surface area contributed by atoms with Gasteiger partial charge in [0.25, 0.3) is 5.69 Å². The fourth-order valence-corrected chi connectivity index (χ4v) is 4.14. The molecule has 4 rings (SSSR count). The number of fused-ring (bicyclic) bond motifs is 1. The Balaban J connectivity index is 1.65. The van der Waals surface area contributed by atoms with Gasteiger partial charge in [0.1, 0.15) is 11.3 Å². The van der Waals surface area contributed by atoms with Gasteiger partial charge < -0.3 is 9.88 Å². The first-order valence-electron chi connectivity index (χ1n) is 8.69. The highest BCUT2D eigenvalue weighted by molar-refractivity contribution is 7.90. The van der Waals surface area contributed by atoms with E-state index >= 15 is 0 Å². The molecule has 0 amide bonds. The van der Waals surface area contributed by atoms with E-state index in [1.54, 1.807) is 6.20 Å². The van der Waals surface area contributed by atoms with Crippen LogP contribution in [-0.2, 0) is 9.84 Å². The van der Waals surface area contributed by atoms with Gasteiger partial charge in [0.05, 0.1) is 9.82 Å². The van der Waals surface area contributed by atoms with E-state index in [2.05, 4.69) is 9.97 Å². The summed E-state index contributed by atoms with van der Waals surface area (Å²) in [7, 11) is -3.51. The van der Waals surface area contributed by atoms with Crippen LogP contribution in [0.25, 0.3) is 16.6 Å². The number of H-pyrrole nitrogens is 1. The Kier molecular flexibility index (Phi) is 4.38. The molecule has 0 saturated heterocycles. The van der Waals surface area contributed by atoms with Crippen LogP contribution in [0.4, 0.5) is 11.4 Å². The van der Waals surface area contributed by atoms with Gasteiger partial charge in [-0.1, -0.05) is 6.08 Å². The highest BCUT2D eigenvalue weighted by Gasteiger charge is 2.24. The first kappa shape index (κ1) is 18.2. The molecular weight excluding hydrogens is 380 g/mol. The molecule has 144 valence electrons. The molecule has 0 spiro atoms. The van der Waals surface area contributed by atoms with Crippen LogP contribution in [0, 0.1) is 10.1 Å².